The minimum Gasteiger partial charge on any atom is -0.370 e. The fraction of sp³-hybridized carbons (Fsp3) is 0.714. The molecule has 1 aromatic rings. The summed E-state index contributed by atoms with van der Waals surface area (Å²) in [6.45, 7) is 9.65. The first-order chi connectivity index (χ1) is 9.05. The SMILES string of the molecule is CCCNc1cc(NC(C)CC(C)CC)nc(N)n1. The summed E-state index contributed by atoms with van der Waals surface area (Å²) < 4.78 is 0. The van der Waals surface area contributed by atoms with Crippen molar-refractivity contribution in [2.45, 2.75) is 53.0 Å². The van der Waals surface area contributed by atoms with Gasteiger partial charge in [0.05, 0.1) is 0 Å². The van der Waals surface area contributed by atoms with Gasteiger partial charge in [-0.15, -0.1) is 0 Å². The summed E-state index contributed by atoms with van der Waals surface area (Å²) in [5.74, 6) is 2.59. The van der Waals surface area contributed by atoms with E-state index in [0.717, 1.165) is 31.0 Å². The Kier molecular flexibility index (Phi) is 6.39. The third kappa shape index (κ3) is 5.77. The molecule has 1 aromatic heterocycles. The van der Waals surface area contributed by atoms with Crippen molar-refractivity contribution in [2.24, 2.45) is 5.92 Å². The van der Waals surface area contributed by atoms with E-state index in [-0.39, 0.29) is 0 Å². The molecule has 0 saturated heterocycles. The number of aromatic nitrogens is 2. The molecule has 4 N–H and O–H groups in total. The average Bonchev–Trinajstić information content (AvgIpc) is 2.35. The van der Waals surface area contributed by atoms with Gasteiger partial charge in [0, 0.05) is 18.7 Å². The van der Waals surface area contributed by atoms with Gasteiger partial charge >= 0.3 is 0 Å². The molecule has 1 heterocycles. The van der Waals surface area contributed by atoms with Gasteiger partial charge in [0.2, 0.25) is 5.95 Å². The molecule has 2 unspecified atom stereocenters. The van der Waals surface area contributed by atoms with Crippen LogP contribution in [0.15, 0.2) is 6.07 Å². The van der Waals surface area contributed by atoms with Crippen LogP contribution >= 0.6 is 0 Å². The van der Waals surface area contributed by atoms with Gasteiger partial charge in [-0.1, -0.05) is 27.2 Å². The molecule has 0 amide bonds. The molecule has 1 rings (SSSR count). The zero-order chi connectivity index (χ0) is 14.3. The molecule has 0 bridgehead atoms. The van der Waals surface area contributed by atoms with Gasteiger partial charge in [-0.2, -0.15) is 9.97 Å². The lowest BCUT2D eigenvalue weighted by Gasteiger charge is -2.18. The molecule has 2 atom stereocenters. The molecular weight excluding hydrogens is 238 g/mol. The lowest BCUT2D eigenvalue weighted by molar-refractivity contribution is 0.483. The van der Waals surface area contributed by atoms with E-state index in [1.165, 1.54) is 6.42 Å². The molecule has 108 valence electrons. The van der Waals surface area contributed by atoms with Crippen molar-refractivity contribution in [3.8, 4) is 0 Å². The van der Waals surface area contributed by atoms with Gasteiger partial charge < -0.3 is 16.4 Å². The molecule has 0 aliphatic heterocycles. The van der Waals surface area contributed by atoms with Crippen LogP contribution in [-0.4, -0.2) is 22.6 Å². The molecule has 0 saturated carbocycles. The van der Waals surface area contributed by atoms with E-state index in [4.69, 9.17) is 5.73 Å². The van der Waals surface area contributed by atoms with Crippen molar-refractivity contribution in [3.05, 3.63) is 6.07 Å². The summed E-state index contributed by atoms with van der Waals surface area (Å²) in [4.78, 5) is 8.40. The summed E-state index contributed by atoms with van der Waals surface area (Å²) in [6.07, 6.45) is 3.37. The Bertz CT molecular complexity index is 380. The van der Waals surface area contributed by atoms with E-state index in [1.807, 2.05) is 6.07 Å². The first kappa shape index (κ1) is 15.5. The zero-order valence-corrected chi connectivity index (χ0v) is 12.5. The average molecular weight is 265 g/mol. The molecular formula is C14H27N5. The second-order valence-electron chi connectivity index (χ2n) is 5.22. The van der Waals surface area contributed by atoms with Crippen LogP contribution in [0.3, 0.4) is 0 Å². The molecule has 0 aliphatic carbocycles. The molecule has 5 nitrogen and oxygen atoms in total. The number of hydrogen-bond acceptors (Lipinski definition) is 5. The highest BCUT2D eigenvalue weighted by Crippen LogP contribution is 2.16. The minimum absolute atomic E-state index is 0.305. The zero-order valence-electron chi connectivity index (χ0n) is 12.5. The maximum Gasteiger partial charge on any atom is 0.223 e. The maximum absolute atomic E-state index is 5.73. The predicted octanol–water partition coefficient (Wildman–Crippen LogP) is 3.12. The van der Waals surface area contributed by atoms with Crippen LogP contribution in [0.5, 0.6) is 0 Å². The van der Waals surface area contributed by atoms with E-state index in [2.05, 4.69) is 48.3 Å². The highest BCUT2D eigenvalue weighted by atomic mass is 15.1. The van der Waals surface area contributed by atoms with Crippen LogP contribution in [0.2, 0.25) is 0 Å². The monoisotopic (exact) mass is 265 g/mol. The summed E-state index contributed by atoms with van der Waals surface area (Å²) in [6, 6.07) is 2.29. The highest BCUT2D eigenvalue weighted by Gasteiger charge is 2.09. The molecule has 0 radical (unpaired) electrons. The Morgan fingerprint density at radius 1 is 1.21 bits per heavy atom. The van der Waals surface area contributed by atoms with Gasteiger partial charge in [-0.25, -0.2) is 0 Å². The summed E-state index contributed by atoms with van der Waals surface area (Å²) in [7, 11) is 0. The van der Waals surface area contributed by atoms with Crippen LogP contribution in [0, 0.1) is 5.92 Å². The standard InChI is InChI=1S/C14H27N5/c1-5-7-16-12-9-13(19-14(15)18-12)17-11(4)8-10(3)6-2/h9-11H,5-8H2,1-4H3,(H4,15,16,17,18,19). The number of nitrogens with one attached hydrogen (secondary N) is 2. The van der Waals surface area contributed by atoms with E-state index in [9.17, 15) is 0 Å². The second-order valence-corrected chi connectivity index (χ2v) is 5.22. The van der Waals surface area contributed by atoms with Crippen LogP contribution in [0.4, 0.5) is 17.6 Å². The van der Waals surface area contributed by atoms with E-state index < -0.39 is 0 Å². The van der Waals surface area contributed by atoms with E-state index in [1.54, 1.807) is 0 Å². The number of nitrogens with zero attached hydrogens (tertiary/aromatic N) is 2. The fourth-order valence-corrected chi connectivity index (χ4v) is 1.97. The van der Waals surface area contributed by atoms with Crippen molar-refractivity contribution in [1.82, 2.24) is 9.97 Å². The minimum atomic E-state index is 0.305. The molecule has 0 spiro atoms. The van der Waals surface area contributed by atoms with Gasteiger partial charge in [0.15, 0.2) is 0 Å². The van der Waals surface area contributed by atoms with Gasteiger partial charge in [0.25, 0.3) is 0 Å². The highest BCUT2D eigenvalue weighted by molar-refractivity contribution is 5.51. The van der Waals surface area contributed by atoms with E-state index >= 15 is 0 Å². The molecule has 0 fully saturated rings. The quantitative estimate of drug-likeness (QED) is 0.673. The van der Waals surface area contributed by atoms with Crippen LogP contribution in [0.1, 0.15) is 47.0 Å². The first-order valence-electron chi connectivity index (χ1n) is 7.20. The van der Waals surface area contributed by atoms with Crippen molar-refractivity contribution in [2.75, 3.05) is 22.9 Å². The summed E-state index contributed by atoms with van der Waals surface area (Å²) in [5, 5.41) is 6.62. The van der Waals surface area contributed by atoms with Crippen LogP contribution < -0.4 is 16.4 Å². The van der Waals surface area contributed by atoms with Crippen molar-refractivity contribution >= 4 is 17.6 Å². The Morgan fingerprint density at radius 3 is 2.53 bits per heavy atom. The third-order valence-electron chi connectivity index (χ3n) is 3.15. The first-order valence-corrected chi connectivity index (χ1v) is 7.20. The van der Waals surface area contributed by atoms with Crippen molar-refractivity contribution < 1.29 is 0 Å². The normalized spacial score (nSPS) is 13.9. The van der Waals surface area contributed by atoms with Crippen molar-refractivity contribution in [1.29, 1.82) is 0 Å². The predicted molar refractivity (Wildman–Crippen MR) is 82.4 cm³/mol. The van der Waals surface area contributed by atoms with E-state index in [0.29, 0.717) is 17.9 Å². The van der Waals surface area contributed by atoms with Gasteiger partial charge in [-0.05, 0) is 25.7 Å². The number of rotatable bonds is 8. The van der Waals surface area contributed by atoms with Gasteiger partial charge in [-0.3, -0.25) is 0 Å². The Labute approximate surface area is 116 Å². The Balaban J connectivity index is 2.64. The lowest BCUT2D eigenvalue weighted by Crippen LogP contribution is -2.19. The molecule has 5 heteroatoms. The Morgan fingerprint density at radius 2 is 1.89 bits per heavy atom. The lowest BCUT2D eigenvalue weighted by atomic mass is 10.0. The molecule has 0 aliphatic rings. The van der Waals surface area contributed by atoms with Crippen molar-refractivity contribution in [3.63, 3.8) is 0 Å². The van der Waals surface area contributed by atoms with Crippen LogP contribution in [0.25, 0.3) is 0 Å². The maximum atomic E-state index is 5.73. The number of hydrogen-bond donors (Lipinski definition) is 3. The largest absolute Gasteiger partial charge is 0.370 e. The number of anilines is 3. The third-order valence-corrected chi connectivity index (χ3v) is 3.15. The number of nitrogen functional groups attached to an aromatic ring is 1. The number of nitrogens with two attached hydrogens (primary N) is 1. The van der Waals surface area contributed by atoms with Crippen LogP contribution in [-0.2, 0) is 0 Å². The Hall–Kier alpha value is -1.52. The molecule has 0 aromatic carbocycles. The second kappa shape index (κ2) is 7.81. The smallest absolute Gasteiger partial charge is 0.223 e. The summed E-state index contributed by atoms with van der Waals surface area (Å²) >= 11 is 0. The van der Waals surface area contributed by atoms with Gasteiger partial charge in [0.1, 0.15) is 11.6 Å². The molecule has 19 heavy (non-hydrogen) atoms. The summed E-state index contributed by atoms with van der Waals surface area (Å²) in [5.41, 5.74) is 5.73. The fourth-order valence-electron chi connectivity index (χ4n) is 1.97. The topological polar surface area (TPSA) is 75.9 Å².